The summed E-state index contributed by atoms with van der Waals surface area (Å²) < 4.78 is 47.0. The molecule has 1 aliphatic carbocycles. The first-order chi connectivity index (χ1) is 19.7. The Kier molecular flexibility index (Phi) is 7.41. The number of aryl methyl sites for hydroxylation is 2. The molecule has 1 fully saturated rings. The quantitative estimate of drug-likeness (QED) is 0.236. The lowest BCUT2D eigenvalue weighted by Crippen LogP contribution is -2.51. The van der Waals surface area contributed by atoms with E-state index in [0.717, 1.165) is 60.0 Å². The maximum absolute atomic E-state index is 13.9. The SMILES string of the molecule is O=C(CSc1nc2sc3c(c2c(=O)n1-c1cccc(C(F)(F)F)c1)CCCC3)N1CCN(C(=O)c2ccco2)CC1. The minimum Gasteiger partial charge on any atom is -0.459 e. The van der Waals surface area contributed by atoms with Crippen LogP contribution >= 0.6 is 23.1 Å². The predicted molar refractivity (Wildman–Crippen MR) is 149 cm³/mol. The second-order valence-electron chi connectivity index (χ2n) is 9.91. The van der Waals surface area contributed by atoms with Crippen molar-refractivity contribution >= 4 is 45.1 Å². The van der Waals surface area contributed by atoms with E-state index in [2.05, 4.69) is 0 Å². The Morgan fingerprint density at radius 2 is 1.78 bits per heavy atom. The maximum atomic E-state index is 13.9. The molecule has 41 heavy (non-hydrogen) atoms. The Hall–Kier alpha value is -3.58. The fourth-order valence-corrected chi connectivity index (χ4v) is 7.48. The van der Waals surface area contributed by atoms with E-state index in [1.54, 1.807) is 21.9 Å². The fourth-order valence-electron chi connectivity index (χ4n) is 5.26. The summed E-state index contributed by atoms with van der Waals surface area (Å²) in [6.45, 7) is 1.35. The summed E-state index contributed by atoms with van der Waals surface area (Å²) in [6, 6.07) is 7.84. The zero-order chi connectivity index (χ0) is 28.7. The number of thioether (sulfide) groups is 1. The lowest BCUT2D eigenvalue weighted by molar-refractivity contribution is -0.137. The number of amides is 2. The van der Waals surface area contributed by atoms with Crippen LogP contribution in [-0.4, -0.2) is 63.1 Å². The van der Waals surface area contributed by atoms with Crippen LogP contribution in [0.25, 0.3) is 15.9 Å². The molecule has 0 spiro atoms. The van der Waals surface area contributed by atoms with Gasteiger partial charge in [-0.15, -0.1) is 11.3 Å². The highest BCUT2D eigenvalue weighted by Crippen LogP contribution is 2.36. The number of piperazine rings is 1. The number of benzene rings is 1. The number of nitrogens with zero attached hydrogens (tertiary/aromatic N) is 4. The van der Waals surface area contributed by atoms with Crippen molar-refractivity contribution in [2.75, 3.05) is 31.9 Å². The maximum Gasteiger partial charge on any atom is 0.416 e. The molecule has 4 heterocycles. The molecule has 8 nitrogen and oxygen atoms in total. The number of fused-ring (bicyclic) bond motifs is 3. The molecular formula is C28H25F3N4O4S2. The number of rotatable bonds is 5. The summed E-state index contributed by atoms with van der Waals surface area (Å²) >= 11 is 2.47. The summed E-state index contributed by atoms with van der Waals surface area (Å²) in [5.74, 6) is -0.272. The van der Waals surface area contributed by atoms with Crippen molar-refractivity contribution in [1.82, 2.24) is 19.4 Å². The molecule has 1 aromatic carbocycles. The first-order valence-electron chi connectivity index (χ1n) is 13.2. The van der Waals surface area contributed by atoms with Crippen molar-refractivity contribution < 1.29 is 27.2 Å². The van der Waals surface area contributed by atoms with Crippen LogP contribution in [0.2, 0.25) is 0 Å². The Morgan fingerprint density at radius 1 is 1.02 bits per heavy atom. The number of carbonyl (C=O) groups is 2. The molecule has 0 radical (unpaired) electrons. The third-order valence-corrected chi connectivity index (χ3v) is 9.48. The van der Waals surface area contributed by atoms with Gasteiger partial charge >= 0.3 is 6.18 Å². The van der Waals surface area contributed by atoms with E-state index >= 15 is 0 Å². The van der Waals surface area contributed by atoms with Crippen molar-refractivity contribution in [1.29, 1.82) is 0 Å². The number of halogens is 3. The van der Waals surface area contributed by atoms with Crippen molar-refractivity contribution in [3.63, 3.8) is 0 Å². The van der Waals surface area contributed by atoms with Gasteiger partial charge in [0.1, 0.15) is 4.83 Å². The van der Waals surface area contributed by atoms with Gasteiger partial charge in [0.15, 0.2) is 10.9 Å². The van der Waals surface area contributed by atoms with Gasteiger partial charge in [0.2, 0.25) is 5.91 Å². The number of alkyl halides is 3. The monoisotopic (exact) mass is 602 g/mol. The van der Waals surface area contributed by atoms with Gasteiger partial charge in [0.25, 0.3) is 11.5 Å². The van der Waals surface area contributed by atoms with Crippen molar-refractivity contribution in [2.24, 2.45) is 0 Å². The average Bonchev–Trinajstić information content (AvgIpc) is 3.64. The van der Waals surface area contributed by atoms with E-state index in [-0.39, 0.29) is 34.2 Å². The van der Waals surface area contributed by atoms with Gasteiger partial charge in [-0.25, -0.2) is 4.98 Å². The van der Waals surface area contributed by atoms with Crippen molar-refractivity contribution in [3.8, 4) is 5.69 Å². The lowest BCUT2D eigenvalue weighted by Gasteiger charge is -2.34. The highest BCUT2D eigenvalue weighted by atomic mass is 32.2. The van der Waals surface area contributed by atoms with Crippen LogP contribution in [0.15, 0.2) is 57.0 Å². The second-order valence-corrected chi connectivity index (χ2v) is 11.9. The number of furan rings is 1. The smallest absolute Gasteiger partial charge is 0.416 e. The third-order valence-electron chi connectivity index (χ3n) is 7.37. The van der Waals surface area contributed by atoms with Crippen LogP contribution < -0.4 is 5.56 Å². The number of carbonyl (C=O) groups excluding carboxylic acids is 2. The van der Waals surface area contributed by atoms with E-state index in [9.17, 15) is 27.6 Å². The predicted octanol–water partition coefficient (Wildman–Crippen LogP) is 5.01. The van der Waals surface area contributed by atoms with Crippen LogP contribution in [0.5, 0.6) is 0 Å². The summed E-state index contributed by atoms with van der Waals surface area (Å²) in [7, 11) is 0. The molecule has 0 atom stereocenters. The highest BCUT2D eigenvalue weighted by Gasteiger charge is 2.32. The highest BCUT2D eigenvalue weighted by molar-refractivity contribution is 7.99. The van der Waals surface area contributed by atoms with Gasteiger partial charge in [-0.3, -0.25) is 19.0 Å². The van der Waals surface area contributed by atoms with Gasteiger partial charge in [0.05, 0.1) is 28.7 Å². The summed E-state index contributed by atoms with van der Waals surface area (Å²) in [4.78, 5) is 49.2. The van der Waals surface area contributed by atoms with Gasteiger partial charge in [-0.2, -0.15) is 13.2 Å². The molecule has 3 aromatic heterocycles. The zero-order valence-electron chi connectivity index (χ0n) is 21.8. The Labute approximate surface area is 240 Å². The third kappa shape index (κ3) is 5.40. The zero-order valence-corrected chi connectivity index (χ0v) is 23.4. The number of aromatic nitrogens is 2. The van der Waals surface area contributed by atoms with E-state index in [1.165, 1.54) is 34.3 Å². The molecule has 1 aliphatic heterocycles. The molecule has 2 amide bonds. The van der Waals surface area contributed by atoms with Crippen LogP contribution in [0.1, 0.15) is 39.4 Å². The van der Waals surface area contributed by atoms with E-state index in [1.807, 2.05) is 0 Å². The molecule has 4 aromatic rings. The van der Waals surface area contributed by atoms with Crippen LogP contribution in [0.3, 0.4) is 0 Å². The summed E-state index contributed by atoms with van der Waals surface area (Å²) in [5, 5.41) is 0.621. The second kappa shape index (κ2) is 11.0. The number of hydrogen-bond donors (Lipinski definition) is 0. The largest absolute Gasteiger partial charge is 0.459 e. The molecule has 2 aliphatic rings. The number of hydrogen-bond acceptors (Lipinski definition) is 7. The van der Waals surface area contributed by atoms with Gasteiger partial charge < -0.3 is 14.2 Å². The normalized spacial score (nSPS) is 15.8. The van der Waals surface area contributed by atoms with Gasteiger partial charge in [0, 0.05) is 31.1 Å². The molecule has 0 saturated carbocycles. The molecule has 214 valence electrons. The standard InChI is InChI=1S/C28H25F3N4O4S2/c29-28(30,31)17-5-3-6-18(15-17)35-26(38)23-19-7-1-2-9-21(19)41-24(23)32-27(35)40-16-22(36)33-10-12-34(13-11-33)25(37)20-8-4-14-39-20/h3-6,8,14-15H,1-2,7,9-13,16H2. The topological polar surface area (TPSA) is 88.7 Å². The summed E-state index contributed by atoms with van der Waals surface area (Å²) in [5.41, 5.74) is -0.309. The van der Waals surface area contributed by atoms with Crippen LogP contribution in [-0.2, 0) is 23.8 Å². The average molecular weight is 603 g/mol. The van der Waals surface area contributed by atoms with Crippen LogP contribution in [0, 0.1) is 0 Å². The minimum atomic E-state index is -4.58. The van der Waals surface area contributed by atoms with Crippen molar-refractivity contribution in [3.05, 3.63) is 74.8 Å². The van der Waals surface area contributed by atoms with E-state index in [4.69, 9.17) is 9.40 Å². The molecule has 0 unspecified atom stereocenters. The molecule has 6 rings (SSSR count). The molecule has 0 N–H and O–H groups in total. The van der Waals surface area contributed by atoms with E-state index in [0.29, 0.717) is 36.4 Å². The Bertz CT molecular complexity index is 1670. The molecular weight excluding hydrogens is 577 g/mol. The lowest BCUT2D eigenvalue weighted by atomic mass is 9.97. The van der Waals surface area contributed by atoms with E-state index < -0.39 is 17.3 Å². The molecule has 13 heteroatoms. The van der Waals surface area contributed by atoms with Crippen LogP contribution in [0.4, 0.5) is 13.2 Å². The Morgan fingerprint density at radius 3 is 2.51 bits per heavy atom. The Balaban J connectivity index is 1.27. The van der Waals surface area contributed by atoms with Gasteiger partial charge in [-0.1, -0.05) is 17.8 Å². The number of thiophene rings is 1. The molecule has 0 bridgehead atoms. The minimum absolute atomic E-state index is 0.0509. The first kappa shape index (κ1) is 27.6. The first-order valence-corrected chi connectivity index (χ1v) is 15.0. The van der Waals surface area contributed by atoms with Crippen molar-refractivity contribution in [2.45, 2.75) is 37.0 Å². The summed E-state index contributed by atoms with van der Waals surface area (Å²) in [6.07, 6.45) is 0.372. The molecule has 1 saturated heterocycles. The fraction of sp³-hybridized carbons (Fsp3) is 0.357. The van der Waals surface area contributed by atoms with Gasteiger partial charge in [-0.05, 0) is 61.6 Å².